The summed E-state index contributed by atoms with van der Waals surface area (Å²) in [4.78, 5) is 11.7. The van der Waals surface area contributed by atoms with Crippen LogP contribution in [0.4, 0.5) is 0 Å². The molecule has 0 unspecified atom stereocenters. The minimum Gasteiger partial charge on any atom is -0.493 e. The van der Waals surface area contributed by atoms with Gasteiger partial charge in [0, 0.05) is 4.88 Å². The van der Waals surface area contributed by atoms with Crippen LogP contribution in [0.2, 0.25) is 0 Å². The van der Waals surface area contributed by atoms with Crippen molar-refractivity contribution >= 4 is 21.6 Å². The number of aryl methyl sites for hydroxylation is 3. The van der Waals surface area contributed by atoms with Crippen LogP contribution in [-0.4, -0.2) is 17.1 Å². The molecule has 0 radical (unpaired) electrons. The number of hydrogen-bond acceptors (Lipinski definition) is 5. The van der Waals surface area contributed by atoms with Crippen LogP contribution in [0.3, 0.4) is 0 Å². The number of fused-ring (bicyclic) bond motifs is 3. The van der Waals surface area contributed by atoms with Crippen LogP contribution >= 0.6 is 11.3 Å². The minimum absolute atomic E-state index is 0.640. The first-order valence-electron chi connectivity index (χ1n) is 8.94. The summed E-state index contributed by atoms with van der Waals surface area (Å²) in [6, 6.07) is 5.97. The van der Waals surface area contributed by atoms with E-state index in [0.29, 0.717) is 17.4 Å². The van der Waals surface area contributed by atoms with Gasteiger partial charge in [0.25, 0.3) is 0 Å². The number of aromatic nitrogens is 2. The van der Waals surface area contributed by atoms with Crippen molar-refractivity contribution in [2.45, 2.75) is 39.0 Å². The van der Waals surface area contributed by atoms with Crippen molar-refractivity contribution in [3.63, 3.8) is 0 Å². The van der Waals surface area contributed by atoms with Crippen LogP contribution in [0.15, 0.2) is 30.9 Å². The number of thiophene rings is 1. The summed E-state index contributed by atoms with van der Waals surface area (Å²) in [7, 11) is 1.66. The third-order valence-corrected chi connectivity index (χ3v) is 5.89. The third kappa shape index (κ3) is 3.07. The Morgan fingerprint density at radius 2 is 2.04 bits per heavy atom. The molecule has 2 aromatic heterocycles. The summed E-state index contributed by atoms with van der Waals surface area (Å²) in [5.74, 6) is 2.75. The van der Waals surface area contributed by atoms with Gasteiger partial charge in [-0.2, -0.15) is 4.98 Å². The highest BCUT2D eigenvalue weighted by atomic mass is 32.1. The van der Waals surface area contributed by atoms with Gasteiger partial charge in [-0.25, -0.2) is 4.98 Å². The molecule has 4 nitrogen and oxygen atoms in total. The predicted molar refractivity (Wildman–Crippen MR) is 106 cm³/mol. The van der Waals surface area contributed by atoms with E-state index in [1.807, 2.05) is 31.2 Å². The Morgan fingerprint density at radius 1 is 1.19 bits per heavy atom. The maximum absolute atomic E-state index is 6.26. The number of nitrogens with zero attached hydrogens (tertiary/aromatic N) is 2. The Hall–Kier alpha value is -2.40. The first kappa shape index (κ1) is 17.0. The monoisotopic (exact) mass is 366 g/mol. The lowest BCUT2D eigenvalue weighted by molar-refractivity contribution is 0.375. The molecule has 0 aliphatic heterocycles. The maximum atomic E-state index is 6.26. The zero-order valence-electron chi connectivity index (χ0n) is 15.2. The molecule has 0 amide bonds. The molecular formula is C21H22N2O2S. The van der Waals surface area contributed by atoms with Crippen LogP contribution in [0.5, 0.6) is 17.4 Å². The average Bonchev–Trinajstić information content (AvgIpc) is 3.01. The molecule has 26 heavy (non-hydrogen) atoms. The second-order valence-corrected chi connectivity index (χ2v) is 7.63. The molecule has 1 aliphatic rings. The van der Waals surface area contributed by atoms with Crippen molar-refractivity contribution in [3.05, 3.63) is 52.7 Å². The number of hydrogen-bond donors (Lipinski definition) is 0. The van der Waals surface area contributed by atoms with Gasteiger partial charge in [-0.05, 0) is 62.3 Å². The number of methoxy groups -OCH3 is 1. The molecule has 0 N–H and O–H groups in total. The fraction of sp³-hybridized carbons (Fsp3) is 0.333. The van der Waals surface area contributed by atoms with Gasteiger partial charge in [0.2, 0.25) is 5.88 Å². The van der Waals surface area contributed by atoms with Gasteiger partial charge in [-0.3, -0.25) is 0 Å². The van der Waals surface area contributed by atoms with E-state index in [9.17, 15) is 0 Å². The number of allylic oxidation sites excluding steroid dienone is 1. The highest BCUT2D eigenvalue weighted by molar-refractivity contribution is 7.18. The van der Waals surface area contributed by atoms with Gasteiger partial charge >= 0.3 is 0 Å². The van der Waals surface area contributed by atoms with Crippen molar-refractivity contribution < 1.29 is 9.47 Å². The summed E-state index contributed by atoms with van der Waals surface area (Å²) in [5.41, 5.74) is 2.51. The highest BCUT2D eigenvalue weighted by Gasteiger charge is 2.22. The molecule has 1 aliphatic carbocycles. The van der Waals surface area contributed by atoms with Crippen LogP contribution in [-0.2, 0) is 19.3 Å². The lowest BCUT2D eigenvalue weighted by Gasteiger charge is -2.14. The molecule has 134 valence electrons. The number of ether oxygens (including phenoxy) is 2. The summed E-state index contributed by atoms with van der Waals surface area (Å²) in [6.07, 6.45) is 7.35. The van der Waals surface area contributed by atoms with Crippen LogP contribution in [0.25, 0.3) is 10.2 Å². The fourth-order valence-corrected chi connectivity index (χ4v) is 4.79. The predicted octanol–water partition coefficient (Wildman–Crippen LogP) is 5.41. The maximum Gasteiger partial charge on any atom is 0.231 e. The summed E-state index contributed by atoms with van der Waals surface area (Å²) in [6.45, 7) is 5.70. The highest BCUT2D eigenvalue weighted by Crippen LogP contribution is 2.42. The minimum atomic E-state index is 0.640. The van der Waals surface area contributed by atoms with Gasteiger partial charge in [-0.15, -0.1) is 17.9 Å². The topological polar surface area (TPSA) is 44.2 Å². The van der Waals surface area contributed by atoms with Gasteiger partial charge in [0.15, 0.2) is 11.5 Å². The first-order valence-corrected chi connectivity index (χ1v) is 9.75. The number of rotatable bonds is 5. The standard InChI is InChI=1S/C21H22N2O2S/c1-4-7-14-10-11-16(17(12-14)24-3)25-20-19-15-8-5-6-9-18(15)26-21(19)23-13(2)22-20/h4,10-12H,1,5-9H2,2-3H3. The number of benzene rings is 1. The van der Waals surface area contributed by atoms with Crippen molar-refractivity contribution in [2.75, 3.05) is 7.11 Å². The van der Waals surface area contributed by atoms with E-state index in [1.54, 1.807) is 18.4 Å². The quantitative estimate of drug-likeness (QED) is 0.567. The van der Waals surface area contributed by atoms with Crippen molar-refractivity contribution in [3.8, 4) is 17.4 Å². The molecule has 0 saturated carbocycles. The normalized spacial score (nSPS) is 13.5. The average molecular weight is 366 g/mol. The second kappa shape index (κ2) is 7.08. The molecule has 2 heterocycles. The Kier molecular flexibility index (Phi) is 4.64. The van der Waals surface area contributed by atoms with E-state index < -0.39 is 0 Å². The fourth-order valence-electron chi connectivity index (χ4n) is 3.49. The molecule has 4 rings (SSSR count). The van der Waals surface area contributed by atoms with E-state index in [2.05, 4.69) is 16.5 Å². The zero-order valence-corrected chi connectivity index (χ0v) is 16.0. The Morgan fingerprint density at radius 3 is 2.85 bits per heavy atom. The Labute approximate surface area is 157 Å². The Balaban J connectivity index is 1.80. The molecule has 5 heteroatoms. The van der Waals surface area contributed by atoms with E-state index in [0.717, 1.165) is 40.9 Å². The summed E-state index contributed by atoms with van der Waals surface area (Å²) >= 11 is 1.78. The molecule has 1 aromatic carbocycles. The van der Waals surface area contributed by atoms with Gasteiger partial charge in [0.05, 0.1) is 12.5 Å². The van der Waals surface area contributed by atoms with Crippen LogP contribution in [0, 0.1) is 6.92 Å². The van der Waals surface area contributed by atoms with Crippen LogP contribution < -0.4 is 9.47 Å². The summed E-state index contributed by atoms with van der Waals surface area (Å²) < 4.78 is 11.8. The van der Waals surface area contributed by atoms with E-state index in [-0.39, 0.29) is 0 Å². The van der Waals surface area contributed by atoms with E-state index in [1.165, 1.54) is 23.3 Å². The molecule has 0 spiro atoms. The SMILES string of the molecule is C=CCc1ccc(Oc2nc(C)nc3sc4c(c23)CCCC4)c(OC)c1. The molecular weight excluding hydrogens is 344 g/mol. The summed E-state index contributed by atoms with van der Waals surface area (Å²) in [5, 5.41) is 1.08. The lowest BCUT2D eigenvalue weighted by Crippen LogP contribution is -2.01. The smallest absolute Gasteiger partial charge is 0.231 e. The molecule has 0 fully saturated rings. The molecule has 0 bridgehead atoms. The first-order chi connectivity index (χ1) is 12.7. The van der Waals surface area contributed by atoms with Crippen molar-refractivity contribution in [1.82, 2.24) is 9.97 Å². The third-order valence-electron chi connectivity index (χ3n) is 4.71. The Bertz CT molecular complexity index is 978. The largest absolute Gasteiger partial charge is 0.493 e. The molecule has 3 aromatic rings. The van der Waals surface area contributed by atoms with Crippen molar-refractivity contribution in [1.29, 1.82) is 0 Å². The van der Waals surface area contributed by atoms with Crippen molar-refractivity contribution in [2.24, 2.45) is 0 Å². The van der Waals surface area contributed by atoms with Crippen LogP contribution in [0.1, 0.15) is 34.7 Å². The molecule has 0 saturated heterocycles. The zero-order chi connectivity index (χ0) is 18.1. The van der Waals surface area contributed by atoms with E-state index in [4.69, 9.17) is 9.47 Å². The second-order valence-electron chi connectivity index (χ2n) is 6.55. The van der Waals surface area contributed by atoms with E-state index >= 15 is 0 Å². The molecule has 0 atom stereocenters. The van der Waals surface area contributed by atoms with Gasteiger partial charge < -0.3 is 9.47 Å². The van der Waals surface area contributed by atoms with Gasteiger partial charge in [-0.1, -0.05) is 12.1 Å². The van der Waals surface area contributed by atoms with Gasteiger partial charge in [0.1, 0.15) is 10.7 Å². The lowest BCUT2D eigenvalue weighted by atomic mass is 9.97.